The van der Waals surface area contributed by atoms with Gasteiger partial charge >= 0.3 is 0 Å². The molecule has 2 aliphatic heterocycles. The first kappa shape index (κ1) is 19.4. The summed E-state index contributed by atoms with van der Waals surface area (Å²) in [6.07, 6.45) is -0.639. The quantitative estimate of drug-likeness (QED) is 0.779. The second-order valence-corrected chi connectivity index (χ2v) is 7.41. The number of carbonyl (C=O) groups excluding carboxylic acids is 2. The van der Waals surface area contributed by atoms with Crippen molar-refractivity contribution in [1.82, 2.24) is 14.8 Å². The van der Waals surface area contributed by atoms with Gasteiger partial charge < -0.3 is 23.9 Å². The fourth-order valence-electron chi connectivity index (χ4n) is 3.88. The third-order valence-electron chi connectivity index (χ3n) is 5.44. The van der Waals surface area contributed by atoms with Gasteiger partial charge in [0.15, 0.2) is 12.0 Å². The van der Waals surface area contributed by atoms with E-state index >= 15 is 0 Å². The molecular formula is C21H26N4O4. The first-order valence-electron chi connectivity index (χ1n) is 9.96. The number of anilines is 1. The molecule has 2 saturated heterocycles. The molecule has 0 aliphatic carbocycles. The van der Waals surface area contributed by atoms with E-state index in [4.69, 9.17) is 9.15 Å². The van der Waals surface area contributed by atoms with Crippen molar-refractivity contribution in [2.45, 2.75) is 20.0 Å². The molecule has 8 heteroatoms. The number of ether oxygens (including phenoxy) is 1. The van der Waals surface area contributed by atoms with Crippen LogP contribution in [0.2, 0.25) is 0 Å². The summed E-state index contributed by atoms with van der Waals surface area (Å²) in [5.41, 5.74) is 1.74. The van der Waals surface area contributed by atoms with E-state index < -0.39 is 6.10 Å². The van der Waals surface area contributed by atoms with Crippen molar-refractivity contribution in [2.24, 2.45) is 0 Å². The van der Waals surface area contributed by atoms with E-state index in [1.54, 1.807) is 18.7 Å². The number of morpholine rings is 1. The highest BCUT2D eigenvalue weighted by molar-refractivity contribution is 5.93. The van der Waals surface area contributed by atoms with E-state index in [-0.39, 0.29) is 24.1 Å². The Labute approximate surface area is 170 Å². The van der Waals surface area contributed by atoms with Crippen LogP contribution in [0.1, 0.15) is 22.1 Å². The SMILES string of the molecule is Cc1nc(C)c(C(=O)N2CCOC(C(=O)N3CCN(c4ccccc4)CC3)C2)o1. The zero-order valence-corrected chi connectivity index (χ0v) is 16.8. The number of piperazine rings is 1. The zero-order chi connectivity index (χ0) is 20.4. The third-order valence-corrected chi connectivity index (χ3v) is 5.44. The standard InChI is InChI=1S/C21H26N4O4/c1-15-19(29-16(2)22-15)21(27)25-12-13-28-18(14-25)20(26)24-10-8-23(9-11-24)17-6-4-3-5-7-17/h3-7,18H,8-14H2,1-2H3. The Bertz CT molecular complexity index is 874. The lowest BCUT2D eigenvalue weighted by atomic mass is 10.2. The lowest BCUT2D eigenvalue weighted by molar-refractivity contribution is -0.148. The minimum Gasteiger partial charge on any atom is -0.436 e. The van der Waals surface area contributed by atoms with Crippen molar-refractivity contribution < 1.29 is 18.7 Å². The van der Waals surface area contributed by atoms with Gasteiger partial charge in [-0.3, -0.25) is 9.59 Å². The fraction of sp³-hybridized carbons (Fsp3) is 0.476. The maximum absolute atomic E-state index is 13.0. The Morgan fingerprint density at radius 3 is 2.38 bits per heavy atom. The van der Waals surface area contributed by atoms with Crippen LogP contribution in [0, 0.1) is 13.8 Å². The van der Waals surface area contributed by atoms with Gasteiger partial charge in [-0.1, -0.05) is 18.2 Å². The number of para-hydroxylation sites is 1. The van der Waals surface area contributed by atoms with Gasteiger partial charge in [-0.25, -0.2) is 4.98 Å². The van der Waals surface area contributed by atoms with Crippen molar-refractivity contribution in [2.75, 3.05) is 50.8 Å². The molecule has 29 heavy (non-hydrogen) atoms. The maximum atomic E-state index is 13.0. The highest BCUT2D eigenvalue weighted by Gasteiger charge is 2.35. The molecule has 2 amide bonds. The monoisotopic (exact) mass is 398 g/mol. The van der Waals surface area contributed by atoms with Crippen molar-refractivity contribution in [3.05, 3.63) is 47.7 Å². The predicted octanol–water partition coefficient (Wildman–Crippen LogP) is 1.48. The molecule has 0 radical (unpaired) electrons. The number of amides is 2. The van der Waals surface area contributed by atoms with Crippen LogP contribution in [0.15, 0.2) is 34.7 Å². The van der Waals surface area contributed by atoms with Crippen molar-refractivity contribution in [1.29, 1.82) is 0 Å². The predicted molar refractivity (Wildman–Crippen MR) is 107 cm³/mol. The molecule has 8 nitrogen and oxygen atoms in total. The molecule has 4 rings (SSSR count). The number of aromatic nitrogens is 1. The number of oxazole rings is 1. The topological polar surface area (TPSA) is 79.1 Å². The van der Waals surface area contributed by atoms with E-state index in [0.717, 1.165) is 13.1 Å². The Balaban J connectivity index is 1.35. The molecule has 3 heterocycles. The van der Waals surface area contributed by atoms with E-state index in [1.807, 2.05) is 23.1 Å². The van der Waals surface area contributed by atoms with E-state index in [0.29, 0.717) is 37.8 Å². The summed E-state index contributed by atoms with van der Waals surface area (Å²) < 4.78 is 11.2. The number of aryl methyl sites for hydroxylation is 2. The van der Waals surface area contributed by atoms with Gasteiger partial charge in [0.05, 0.1) is 18.8 Å². The van der Waals surface area contributed by atoms with Crippen LogP contribution >= 0.6 is 0 Å². The van der Waals surface area contributed by atoms with Crippen LogP contribution in [0.25, 0.3) is 0 Å². The number of hydrogen-bond acceptors (Lipinski definition) is 6. The summed E-state index contributed by atoms with van der Waals surface area (Å²) in [6.45, 7) is 7.30. The van der Waals surface area contributed by atoms with Gasteiger partial charge in [0.1, 0.15) is 0 Å². The molecule has 1 unspecified atom stereocenters. The van der Waals surface area contributed by atoms with Gasteiger partial charge in [0, 0.05) is 45.3 Å². The summed E-state index contributed by atoms with van der Waals surface area (Å²) in [6, 6.07) is 10.2. The van der Waals surface area contributed by atoms with Crippen LogP contribution < -0.4 is 4.90 Å². The summed E-state index contributed by atoms with van der Waals surface area (Å²) in [5, 5.41) is 0. The van der Waals surface area contributed by atoms with Crippen molar-refractivity contribution in [3.63, 3.8) is 0 Å². The van der Waals surface area contributed by atoms with E-state index in [9.17, 15) is 9.59 Å². The van der Waals surface area contributed by atoms with Crippen LogP contribution in [0.3, 0.4) is 0 Å². The summed E-state index contributed by atoms with van der Waals surface area (Å²) in [7, 11) is 0. The molecule has 0 spiro atoms. The van der Waals surface area contributed by atoms with Gasteiger partial charge in [-0.2, -0.15) is 0 Å². The van der Waals surface area contributed by atoms with Gasteiger partial charge in [0.2, 0.25) is 5.76 Å². The number of nitrogens with zero attached hydrogens (tertiary/aromatic N) is 4. The molecule has 0 saturated carbocycles. The van der Waals surface area contributed by atoms with Crippen LogP contribution in [0.4, 0.5) is 5.69 Å². The normalized spacial score (nSPS) is 20.1. The van der Waals surface area contributed by atoms with E-state index in [2.05, 4.69) is 22.0 Å². The number of benzene rings is 1. The number of carbonyl (C=O) groups is 2. The van der Waals surface area contributed by atoms with Gasteiger partial charge in [0.25, 0.3) is 11.8 Å². The number of rotatable bonds is 3. The average molecular weight is 398 g/mol. The minimum absolute atomic E-state index is 0.0549. The molecule has 1 aromatic carbocycles. The first-order chi connectivity index (χ1) is 14.0. The maximum Gasteiger partial charge on any atom is 0.291 e. The van der Waals surface area contributed by atoms with E-state index in [1.165, 1.54) is 5.69 Å². The second kappa shape index (κ2) is 8.24. The van der Waals surface area contributed by atoms with Crippen LogP contribution in [0.5, 0.6) is 0 Å². The fourth-order valence-corrected chi connectivity index (χ4v) is 3.88. The molecule has 2 fully saturated rings. The summed E-state index contributed by atoms with van der Waals surface area (Å²) in [4.78, 5) is 35.7. The van der Waals surface area contributed by atoms with Crippen molar-refractivity contribution >= 4 is 17.5 Å². The lowest BCUT2D eigenvalue weighted by Crippen LogP contribution is -2.56. The highest BCUT2D eigenvalue weighted by Crippen LogP contribution is 2.19. The smallest absolute Gasteiger partial charge is 0.291 e. The lowest BCUT2D eigenvalue weighted by Gasteiger charge is -2.39. The second-order valence-electron chi connectivity index (χ2n) is 7.41. The Morgan fingerprint density at radius 2 is 1.72 bits per heavy atom. The Morgan fingerprint density at radius 1 is 1.00 bits per heavy atom. The molecule has 2 aromatic rings. The highest BCUT2D eigenvalue weighted by atomic mass is 16.5. The van der Waals surface area contributed by atoms with Gasteiger partial charge in [-0.15, -0.1) is 0 Å². The number of hydrogen-bond donors (Lipinski definition) is 0. The molecular weight excluding hydrogens is 372 g/mol. The largest absolute Gasteiger partial charge is 0.436 e. The minimum atomic E-state index is -0.639. The molecule has 1 aromatic heterocycles. The molecule has 0 N–H and O–H groups in total. The average Bonchev–Trinajstić information content (AvgIpc) is 3.11. The molecule has 154 valence electrons. The third kappa shape index (κ3) is 4.12. The summed E-state index contributed by atoms with van der Waals surface area (Å²) in [5.74, 6) is 0.411. The molecule has 2 aliphatic rings. The van der Waals surface area contributed by atoms with Crippen LogP contribution in [-0.2, 0) is 9.53 Å². The zero-order valence-electron chi connectivity index (χ0n) is 16.8. The molecule has 0 bridgehead atoms. The molecule has 1 atom stereocenters. The van der Waals surface area contributed by atoms with Crippen LogP contribution in [-0.4, -0.2) is 78.6 Å². The summed E-state index contributed by atoms with van der Waals surface area (Å²) >= 11 is 0. The Hall–Kier alpha value is -2.87. The Kier molecular flexibility index (Phi) is 5.53. The first-order valence-corrected chi connectivity index (χ1v) is 9.96. The van der Waals surface area contributed by atoms with Crippen molar-refractivity contribution in [3.8, 4) is 0 Å². The van der Waals surface area contributed by atoms with Gasteiger partial charge in [-0.05, 0) is 19.1 Å².